The first-order valence-corrected chi connectivity index (χ1v) is 19.7. The number of rotatable bonds is 4. The first-order chi connectivity index (χ1) is 27.0. The Morgan fingerprint density at radius 1 is 0.696 bits per heavy atom. The van der Waals surface area contributed by atoms with Crippen molar-refractivity contribution in [3.05, 3.63) is 164 Å². The van der Waals surface area contributed by atoms with Crippen molar-refractivity contribution in [2.24, 2.45) is 14.1 Å². The summed E-state index contributed by atoms with van der Waals surface area (Å²) in [4.78, 5) is 14.3. The minimum Gasteiger partial charge on any atom is -0.423 e. The Kier molecular flexibility index (Phi) is 9.06. The van der Waals surface area contributed by atoms with Crippen LogP contribution in [0, 0.1) is 0 Å². The van der Waals surface area contributed by atoms with Crippen molar-refractivity contribution in [1.82, 2.24) is 14.5 Å². The molecule has 0 atom stereocenters. The van der Waals surface area contributed by atoms with E-state index in [9.17, 15) is 0 Å². The van der Waals surface area contributed by atoms with Gasteiger partial charge in [0, 0.05) is 46.1 Å². The minimum absolute atomic E-state index is 0. The van der Waals surface area contributed by atoms with Crippen LogP contribution in [0.1, 0.15) is 0 Å². The second-order valence-corrected chi connectivity index (χ2v) is 16.0. The van der Waals surface area contributed by atoms with Gasteiger partial charge in [-0.1, -0.05) is 90.3 Å². The van der Waals surface area contributed by atoms with E-state index in [4.69, 9.17) is 14.4 Å². The van der Waals surface area contributed by atoms with E-state index in [2.05, 4.69) is 185 Å². The fourth-order valence-electron chi connectivity index (χ4n) is 7.86. The molecule has 0 saturated carbocycles. The average molecular weight is 840 g/mol. The molecule has 4 aromatic heterocycles. The molecule has 0 spiro atoms. The third-order valence-electron chi connectivity index (χ3n) is 10.4. The quantitative estimate of drug-likeness (QED) is 0.108. The smallest absolute Gasteiger partial charge is 0.309 e. The Hall–Kier alpha value is -6.38. The van der Waals surface area contributed by atoms with E-state index < -0.39 is 8.96 Å². The summed E-state index contributed by atoms with van der Waals surface area (Å²) in [5, 5.41) is 7.58. The monoisotopic (exact) mass is 839 g/mol. The molecule has 277 valence electrons. The van der Waals surface area contributed by atoms with Crippen molar-refractivity contribution in [2.75, 3.05) is 26.7 Å². The van der Waals surface area contributed by atoms with Crippen molar-refractivity contribution in [3.63, 3.8) is 0 Å². The molecule has 0 fully saturated rings. The van der Waals surface area contributed by atoms with E-state index in [1.54, 1.807) is 0 Å². The third-order valence-corrected chi connectivity index (χ3v) is 13.0. The maximum absolute atomic E-state index is 6.66. The number of nitrogens with zero attached hydrogens (tertiary/aromatic N) is 7. The van der Waals surface area contributed by atoms with Crippen molar-refractivity contribution < 1.29 is 29.4 Å². The molecule has 9 aromatic rings. The van der Waals surface area contributed by atoms with Crippen LogP contribution in [0.15, 0.2) is 169 Å². The fourth-order valence-corrected chi connectivity index (χ4v) is 10.6. The van der Waals surface area contributed by atoms with Crippen LogP contribution < -0.4 is 34.6 Å². The molecular weight excluding hydrogens is 803 g/mol. The van der Waals surface area contributed by atoms with Gasteiger partial charge in [-0.15, -0.1) is 12.1 Å². The molecule has 0 unspecified atom stereocenters. The Labute approximate surface area is 340 Å². The molecule has 0 saturated heterocycles. The average Bonchev–Trinajstić information content (AvgIpc) is 3.95. The van der Waals surface area contributed by atoms with E-state index in [-0.39, 0.29) is 20.4 Å². The Bertz CT molecular complexity index is 2720. The zero-order valence-electron chi connectivity index (χ0n) is 30.9. The molecule has 2 aliphatic heterocycles. The van der Waals surface area contributed by atoms with Gasteiger partial charge in [-0.2, -0.15) is 4.98 Å². The molecule has 5 aromatic carbocycles. The first kappa shape index (κ1) is 35.3. The Morgan fingerprint density at radius 2 is 1.36 bits per heavy atom. The van der Waals surface area contributed by atoms with Crippen LogP contribution in [0.4, 0.5) is 51.6 Å². The molecule has 56 heavy (non-hydrogen) atoms. The summed E-state index contributed by atoms with van der Waals surface area (Å²) in [6, 6.07) is 51.3. The van der Waals surface area contributed by atoms with Gasteiger partial charge in [0.1, 0.15) is 5.52 Å². The molecule has 6 heterocycles. The first-order valence-electron chi connectivity index (χ1n) is 18.3. The number of fused-ring (bicyclic) bond motifs is 7. The van der Waals surface area contributed by atoms with Gasteiger partial charge in [-0.05, 0) is 58.9 Å². The summed E-state index contributed by atoms with van der Waals surface area (Å²) in [6.07, 6.45) is 5.96. The number of aryl methyl sites for hydroxylation is 2. The zero-order valence-corrected chi connectivity index (χ0v) is 33.5. The standard InChI is InChI=1S/C37H27N6OSi.C8H10N2.Pd/c1-41-30-19-10-11-20-31(30)42(36-32(41)21-12-24-38-36)37-40-34-33(44-37)23-22-28-35(34)43(29-18-9-8-17-27(29)39-28)45(25-13-4-2-5-14-25)26-15-6-3-7-16-26;1-9-5-3-7-4-6-10(2)8(7)9;/h2-24,39H,1H3;3-6H,1-2H3;. The zero-order chi connectivity index (χ0) is 37.0. The SMILES string of the molecule is CN1c2ccccc2N(c2nc3c4c(ccc3o2)Nc2ccccc2N4[Si](c2ccccc2)c2ccccc2)c2ncccc21.Cn1ccc2[cH-]c[n+](C)c21.[Pd]. The Morgan fingerprint density at radius 3 is 2.09 bits per heavy atom. The number of hydrogen-bond acceptors (Lipinski definition) is 7. The summed E-state index contributed by atoms with van der Waals surface area (Å²) in [6.45, 7) is 0. The number of para-hydroxylation sites is 4. The topological polar surface area (TPSA) is 69.5 Å². The molecule has 1 radical (unpaired) electrons. The number of aromatic nitrogens is 4. The molecule has 2 aliphatic rings. The third kappa shape index (κ3) is 5.80. The summed E-state index contributed by atoms with van der Waals surface area (Å²) in [5.41, 5.74) is 9.96. The van der Waals surface area contributed by atoms with Crippen LogP contribution in [0.3, 0.4) is 0 Å². The largest absolute Gasteiger partial charge is 0.423 e. The normalized spacial score (nSPS) is 12.6. The molecule has 11 rings (SSSR count). The number of oxazole rings is 1. The van der Waals surface area contributed by atoms with E-state index in [0.717, 1.165) is 51.1 Å². The second kappa shape index (κ2) is 14.4. The van der Waals surface area contributed by atoms with Gasteiger partial charge in [0.05, 0.1) is 53.9 Å². The molecular formula is C45H37N8OPdSi. The predicted molar refractivity (Wildman–Crippen MR) is 224 cm³/mol. The van der Waals surface area contributed by atoms with E-state index in [1.165, 1.54) is 21.4 Å². The van der Waals surface area contributed by atoms with Crippen LogP contribution >= 0.6 is 0 Å². The van der Waals surface area contributed by atoms with Crippen molar-refractivity contribution in [2.45, 2.75) is 0 Å². The van der Waals surface area contributed by atoms with E-state index >= 15 is 0 Å². The summed E-state index contributed by atoms with van der Waals surface area (Å²) in [5.74, 6) is 0.776. The van der Waals surface area contributed by atoms with Gasteiger partial charge in [0.25, 0.3) is 0 Å². The van der Waals surface area contributed by atoms with Crippen molar-refractivity contribution in [1.29, 1.82) is 0 Å². The summed E-state index contributed by atoms with van der Waals surface area (Å²) >= 11 is 0. The molecule has 0 aliphatic carbocycles. The molecule has 11 heteroatoms. The number of anilines is 9. The number of benzene rings is 5. The number of nitrogens with one attached hydrogen (secondary N) is 1. The van der Waals surface area contributed by atoms with Crippen LogP contribution in [-0.4, -0.2) is 30.5 Å². The van der Waals surface area contributed by atoms with Gasteiger partial charge in [-0.25, -0.2) is 9.88 Å². The second-order valence-electron chi connectivity index (χ2n) is 13.7. The van der Waals surface area contributed by atoms with Gasteiger partial charge in [0.15, 0.2) is 17.0 Å². The Balaban J connectivity index is 0.000000324. The van der Waals surface area contributed by atoms with E-state index in [1.807, 2.05) is 29.3 Å². The molecule has 0 bridgehead atoms. The molecule has 0 amide bonds. The maximum Gasteiger partial charge on any atom is 0.309 e. The van der Waals surface area contributed by atoms with Gasteiger partial charge >= 0.3 is 6.01 Å². The summed E-state index contributed by atoms with van der Waals surface area (Å²) < 4.78 is 13.4. The molecule has 1 N–H and O–H groups in total. The van der Waals surface area contributed by atoms with Gasteiger partial charge in [-0.3, -0.25) is 0 Å². The van der Waals surface area contributed by atoms with Gasteiger partial charge < -0.3 is 28.3 Å². The van der Waals surface area contributed by atoms with Crippen molar-refractivity contribution >= 4 is 93.1 Å². The van der Waals surface area contributed by atoms with Crippen molar-refractivity contribution in [3.8, 4) is 0 Å². The van der Waals surface area contributed by atoms with Crippen LogP contribution in [0.5, 0.6) is 0 Å². The van der Waals surface area contributed by atoms with E-state index in [0.29, 0.717) is 11.6 Å². The van der Waals surface area contributed by atoms with Crippen LogP contribution in [-0.2, 0) is 34.5 Å². The maximum atomic E-state index is 6.66. The van der Waals surface area contributed by atoms with Crippen LogP contribution in [0.25, 0.3) is 22.1 Å². The van der Waals surface area contributed by atoms with Gasteiger partial charge in [0.2, 0.25) is 8.96 Å². The number of pyridine rings is 1. The number of hydrogen-bond donors (Lipinski definition) is 1. The fraction of sp³-hybridized carbons (Fsp3) is 0.0667. The minimum atomic E-state index is -1.55. The predicted octanol–water partition coefficient (Wildman–Crippen LogP) is 8.49. The molecule has 9 nitrogen and oxygen atoms in total. The van der Waals surface area contributed by atoms with Crippen LogP contribution in [0.2, 0.25) is 0 Å². The summed E-state index contributed by atoms with van der Waals surface area (Å²) in [7, 11) is 4.63.